The molecule has 0 spiro atoms. The molecule has 0 atom stereocenters. The second-order valence-corrected chi connectivity index (χ2v) is 5.25. The summed E-state index contributed by atoms with van der Waals surface area (Å²) in [7, 11) is 0. The van der Waals surface area contributed by atoms with Crippen molar-refractivity contribution in [2.45, 2.75) is 20.8 Å². The van der Waals surface area contributed by atoms with Crippen molar-refractivity contribution in [1.29, 1.82) is 0 Å². The summed E-state index contributed by atoms with van der Waals surface area (Å²) in [6.45, 7) is 6.05. The van der Waals surface area contributed by atoms with E-state index in [0.717, 1.165) is 22.5 Å². The standard InChI is InChI=1S/C16H18ClN3O2/c1-4-22-16(21)20-14-6-5-12(9-18-14)19-15-11(3)7-10(2)8-13(15)17/h5-9,19H,4H2,1-3H3,(H,18,20,21). The highest BCUT2D eigenvalue weighted by atomic mass is 35.5. The number of rotatable bonds is 4. The van der Waals surface area contributed by atoms with Gasteiger partial charge in [0.15, 0.2) is 0 Å². The molecule has 1 heterocycles. The molecule has 0 fully saturated rings. The summed E-state index contributed by atoms with van der Waals surface area (Å²) in [5.41, 5.74) is 3.79. The molecule has 2 rings (SSSR count). The monoisotopic (exact) mass is 319 g/mol. The Labute approximate surface area is 134 Å². The van der Waals surface area contributed by atoms with E-state index in [1.807, 2.05) is 26.0 Å². The summed E-state index contributed by atoms with van der Waals surface area (Å²) < 4.78 is 4.79. The Bertz CT molecular complexity index is 649. The van der Waals surface area contributed by atoms with Crippen molar-refractivity contribution in [2.24, 2.45) is 0 Å². The van der Waals surface area contributed by atoms with Gasteiger partial charge in [0.05, 0.1) is 29.2 Å². The zero-order valence-electron chi connectivity index (χ0n) is 12.7. The number of hydrogen-bond donors (Lipinski definition) is 2. The van der Waals surface area contributed by atoms with Gasteiger partial charge in [-0.15, -0.1) is 0 Å². The average Bonchev–Trinajstić information content (AvgIpc) is 2.45. The number of aryl methyl sites for hydroxylation is 2. The molecule has 0 radical (unpaired) electrons. The number of halogens is 1. The number of aromatic nitrogens is 1. The highest BCUT2D eigenvalue weighted by Crippen LogP contribution is 2.30. The van der Waals surface area contributed by atoms with Gasteiger partial charge in [-0.3, -0.25) is 5.32 Å². The molecule has 1 aromatic heterocycles. The summed E-state index contributed by atoms with van der Waals surface area (Å²) >= 11 is 6.26. The van der Waals surface area contributed by atoms with Gasteiger partial charge >= 0.3 is 6.09 Å². The van der Waals surface area contributed by atoms with Crippen LogP contribution in [0.2, 0.25) is 5.02 Å². The number of carbonyl (C=O) groups is 1. The van der Waals surface area contributed by atoms with Crippen LogP contribution in [0.1, 0.15) is 18.1 Å². The maximum Gasteiger partial charge on any atom is 0.412 e. The third-order valence-corrected chi connectivity index (χ3v) is 3.27. The Kier molecular flexibility index (Phi) is 5.22. The molecule has 1 aromatic carbocycles. The number of anilines is 3. The maximum atomic E-state index is 11.3. The molecule has 2 aromatic rings. The van der Waals surface area contributed by atoms with E-state index in [0.29, 0.717) is 17.4 Å². The van der Waals surface area contributed by atoms with Gasteiger partial charge in [0.1, 0.15) is 5.82 Å². The van der Waals surface area contributed by atoms with Gasteiger partial charge < -0.3 is 10.1 Å². The van der Waals surface area contributed by atoms with Crippen LogP contribution < -0.4 is 10.6 Å². The first kappa shape index (κ1) is 16.1. The van der Waals surface area contributed by atoms with Crippen LogP contribution in [0.25, 0.3) is 0 Å². The van der Waals surface area contributed by atoms with Gasteiger partial charge in [-0.2, -0.15) is 0 Å². The van der Waals surface area contributed by atoms with E-state index in [9.17, 15) is 4.79 Å². The summed E-state index contributed by atoms with van der Waals surface area (Å²) in [5, 5.41) is 6.43. The lowest BCUT2D eigenvalue weighted by atomic mass is 10.1. The highest BCUT2D eigenvalue weighted by molar-refractivity contribution is 6.33. The van der Waals surface area contributed by atoms with Crippen LogP contribution >= 0.6 is 11.6 Å². The Morgan fingerprint density at radius 3 is 2.68 bits per heavy atom. The fourth-order valence-electron chi connectivity index (χ4n) is 2.03. The Balaban J connectivity index is 2.10. The molecule has 116 valence electrons. The van der Waals surface area contributed by atoms with Crippen LogP contribution in [0.3, 0.4) is 0 Å². The second kappa shape index (κ2) is 7.13. The SMILES string of the molecule is CCOC(=O)Nc1ccc(Nc2c(C)cc(C)cc2Cl)cn1. The fourth-order valence-corrected chi connectivity index (χ4v) is 2.40. The number of pyridine rings is 1. The third-order valence-electron chi connectivity index (χ3n) is 2.97. The Morgan fingerprint density at radius 2 is 2.09 bits per heavy atom. The number of hydrogen-bond acceptors (Lipinski definition) is 4. The topological polar surface area (TPSA) is 63.2 Å². The van der Waals surface area contributed by atoms with Gasteiger partial charge in [-0.25, -0.2) is 9.78 Å². The van der Waals surface area contributed by atoms with Crippen molar-refractivity contribution in [3.63, 3.8) is 0 Å². The number of ether oxygens (including phenoxy) is 1. The van der Waals surface area contributed by atoms with Crippen molar-refractivity contribution in [3.8, 4) is 0 Å². The zero-order valence-corrected chi connectivity index (χ0v) is 13.5. The molecule has 1 amide bonds. The van der Waals surface area contributed by atoms with Crippen molar-refractivity contribution in [1.82, 2.24) is 4.98 Å². The van der Waals surface area contributed by atoms with Crippen LogP contribution in [-0.2, 0) is 4.74 Å². The average molecular weight is 320 g/mol. The molecule has 0 saturated heterocycles. The van der Waals surface area contributed by atoms with E-state index in [1.54, 1.807) is 19.2 Å². The fraction of sp³-hybridized carbons (Fsp3) is 0.250. The van der Waals surface area contributed by atoms with Crippen molar-refractivity contribution in [3.05, 3.63) is 46.6 Å². The van der Waals surface area contributed by atoms with Crippen LogP contribution in [0.5, 0.6) is 0 Å². The number of nitrogens with zero attached hydrogens (tertiary/aromatic N) is 1. The lowest BCUT2D eigenvalue weighted by molar-refractivity contribution is 0.168. The zero-order chi connectivity index (χ0) is 16.1. The van der Waals surface area contributed by atoms with Crippen LogP contribution in [0, 0.1) is 13.8 Å². The summed E-state index contributed by atoms with van der Waals surface area (Å²) in [6.07, 6.45) is 1.10. The summed E-state index contributed by atoms with van der Waals surface area (Å²) in [5.74, 6) is 0.427. The van der Waals surface area contributed by atoms with Crippen LogP contribution in [0.4, 0.5) is 22.0 Å². The predicted molar refractivity (Wildman–Crippen MR) is 89.1 cm³/mol. The highest BCUT2D eigenvalue weighted by Gasteiger charge is 2.07. The summed E-state index contributed by atoms with van der Waals surface area (Å²) in [6, 6.07) is 7.46. The molecule has 5 nitrogen and oxygen atoms in total. The van der Waals surface area contributed by atoms with E-state index in [1.165, 1.54) is 0 Å². The molecule has 22 heavy (non-hydrogen) atoms. The van der Waals surface area contributed by atoms with Gasteiger partial charge in [-0.05, 0) is 50.1 Å². The van der Waals surface area contributed by atoms with Gasteiger partial charge in [0, 0.05) is 0 Å². The van der Waals surface area contributed by atoms with Crippen LogP contribution in [0.15, 0.2) is 30.5 Å². The Hall–Kier alpha value is -2.27. The van der Waals surface area contributed by atoms with E-state index in [-0.39, 0.29) is 0 Å². The normalized spacial score (nSPS) is 10.2. The Morgan fingerprint density at radius 1 is 1.32 bits per heavy atom. The number of benzene rings is 1. The van der Waals surface area contributed by atoms with Crippen LogP contribution in [-0.4, -0.2) is 17.7 Å². The number of amides is 1. The lowest BCUT2D eigenvalue weighted by Crippen LogP contribution is -2.14. The minimum Gasteiger partial charge on any atom is -0.450 e. The first-order valence-electron chi connectivity index (χ1n) is 6.93. The quantitative estimate of drug-likeness (QED) is 0.860. The second-order valence-electron chi connectivity index (χ2n) is 4.84. The van der Waals surface area contributed by atoms with E-state index in [2.05, 4.69) is 21.7 Å². The van der Waals surface area contributed by atoms with E-state index < -0.39 is 6.09 Å². The minimum absolute atomic E-state index is 0.316. The first-order valence-corrected chi connectivity index (χ1v) is 7.31. The summed E-state index contributed by atoms with van der Waals surface area (Å²) in [4.78, 5) is 15.5. The molecular weight excluding hydrogens is 302 g/mol. The smallest absolute Gasteiger partial charge is 0.412 e. The van der Waals surface area contributed by atoms with Gasteiger partial charge in [0.25, 0.3) is 0 Å². The lowest BCUT2D eigenvalue weighted by Gasteiger charge is -2.13. The molecule has 2 N–H and O–H groups in total. The molecule has 0 aliphatic heterocycles. The molecule has 0 bridgehead atoms. The molecule has 0 unspecified atom stereocenters. The predicted octanol–water partition coefficient (Wildman–Crippen LogP) is 4.66. The molecule has 0 aliphatic rings. The minimum atomic E-state index is -0.520. The van der Waals surface area contributed by atoms with Crippen molar-refractivity contribution < 1.29 is 9.53 Å². The van der Waals surface area contributed by atoms with E-state index >= 15 is 0 Å². The van der Waals surface area contributed by atoms with Crippen molar-refractivity contribution in [2.75, 3.05) is 17.2 Å². The number of nitrogens with one attached hydrogen (secondary N) is 2. The largest absolute Gasteiger partial charge is 0.450 e. The van der Waals surface area contributed by atoms with Crippen molar-refractivity contribution >= 4 is 34.9 Å². The molecular formula is C16H18ClN3O2. The number of carbonyl (C=O) groups excluding carboxylic acids is 1. The molecule has 0 aliphatic carbocycles. The third kappa shape index (κ3) is 4.11. The first-order chi connectivity index (χ1) is 10.5. The maximum absolute atomic E-state index is 11.3. The van der Waals surface area contributed by atoms with E-state index in [4.69, 9.17) is 16.3 Å². The molecule has 0 saturated carbocycles. The van der Waals surface area contributed by atoms with Gasteiger partial charge in [-0.1, -0.05) is 17.7 Å². The van der Waals surface area contributed by atoms with Gasteiger partial charge in [0.2, 0.25) is 0 Å². The molecule has 6 heteroatoms.